The summed E-state index contributed by atoms with van der Waals surface area (Å²) < 4.78 is 18.6. The highest BCUT2D eigenvalue weighted by Crippen LogP contribution is 2.32. The third kappa shape index (κ3) is 4.61. The van der Waals surface area contributed by atoms with Crippen molar-refractivity contribution in [3.8, 4) is 22.9 Å². The molecule has 0 amide bonds. The van der Waals surface area contributed by atoms with Crippen LogP contribution in [-0.4, -0.2) is 76.8 Å². The zero-order chi connectivity index (χ0) is 23.5. The zero-order valence-electron chi connectivity index (χ0n) is 19.2. The lowest BCUT2D eigenvalue weighted by molar-refractivity contribution is 0.0410. The summed E-state index contributed by atoms with van der Waals surface area (Å²) in [4.78, 5) is 37.2. The molecule has 2 aromatic heterocycles. The Morgan fingerprint density at radius 2 is 1.76 bits per heavy atom. The van der Waals surface area contributed by atoms with E-state index in [2.05, 4.69) is 9.88 Å². The monoisotopic (exact) mass is 473 g/mol. The number of hydrogen-bond donors (Lipinski definition) is 0. The number of morpholine rings is 1. The van der Waals surface area contributed by atoms with Gasteiger partial charge in [0.15, 0.2) is 23.0 Å². The Bertz CT molecular complexity index is 1280. The van der Waals surface area contributed by atoms with Crippen molar-refractivity contribution in [3.05, 3.63) is 39.0 Å². The molecule has 0 spiro atoms. The van der Waals surface area contributed by atoms with Gasteiger partial charge in [0.2, 0.25) is 0 Å². The third-order valence-corrected chi connectivity index (χ3v) is 6.61. The smallest absolute Gasteiger partial charge is 0.332 e. The fourth-order valence-corrected chi connectivity index (χ4v) is 4.75. The van der Waals surface area contributed by atoms with Crippen molar-refractivity contribution < 1.29 is 14.2 Å². The molecule has 1 aliphatic heterocycles. The van der Waals surface area contributed by atoms with E-state index in [1.807, 2.05) is 6.07 Å². The molecule has 0 unspecified atom stereocenters. The van der Waals surface area contributed by atoms with Crippen LogP contribution in [-0.2, 0) is 18.8 Å². The van der Waals surface area contributed by atoms with Crippen molar-refractivity contribution >= 4 is 22.8 Å². The van der Waals surface area contributed by atoms with Crippen LogP contribution in [0, 0.1) is 0 Å². The van der Waals surface area contributed by atoms with Gasteiger partial charge in [0.05, 0.1) is 27.4 Å². The molecular weight excluding hydrogens is 446 g/mol. The molecule has 0 aliphatic carbocycles. The van der Waals surface area contributed by atoms with E-state index in [0.717, 1.165) is 43.2 Å². The van der Waals surface area contributed by atoms with Crippen LogP contribution in [0.5, 0.6) is 11.5 Å². The van der Waals surface area contributed by atoms with Gasteiger partial charge < -0.3 is 14.2 Å². The Labute approximate surface area is 195 Å². The minimum absolute atomic E-state index is 0.303. The number of nitrogens with zero attached hydrogens (tertiary/aromatic N) is 5. The number of benzene rings is 1. The van der Waals surface area contributed by atoms with E-state index < -0.39 is 11.2 Å². The van der Waals surface area contributed by atoms with Gasteiger partial charge in [0.1, 0.15) is 10.4 Å². The first-order chi connectivity index (χ1) is 15.9. The highest BCUT2D eigenvalue weighted by Gasteiger charge is 2.19. The lowest BCUT2D eigenvalue weighted by Crippen LogP contribution is -2.38. The summed E-state index contributed by atoms with van der Waals surface area (Å²) in [6, 6.07) is 5.38. The summed E-state index contributed by atoms with van der Waals surface area (Å²) in [5, 5.41) is 0.894. The van der Waals surface area contributed by atoms with Gasteiger partial charge in [-0.15, -0.1) is 11.8 Å². The molecule has 11 heteroatoms. The summed E-state index contributed by atoms with van der Waals surface area (Å²) in [5.41, 5.74) is 0.157. The van der Waals surface area contributed by atoms with E-state index in [9.17, 15) is 9.59 Å². The van der Waals surface area contributed by atoms with Crippen LogP contribution in [0.4, 0.5) is 0 Å². The number of rotatable bonds is 7. The first kappa shape index (κ1) is 23.3. The van der Waals surface area contributed by atoms with E-state index in [0.29, 0.717) is 38.9 Å². The Balaban J connectivity index is 1.80. The van der Waals surface area contributed by atoms with Gasteiger partial charge in [-0.1, -0.05) is 0 Å². The standard InChI is InChI=1S/C22H27N5O5S/c1-25-19-17(21(28)26(2)22(25)29)20(33-12-9-27-7-10-32-11-8-27)24-18(23-19)14-5-6-15(30-3)16(13-14)31-4/h5-6,13H,7-12H2,1-4H3. The fourth-order valence-electron chi connectivity index (χ4n) is 3.73. The molecule has 1 saturated heterocycles. The molecule has 0 saturated carbocycles. The Kier molecular flexibility index (Phi) is 7.01. The molecule has 1 aromatic carbocycles. The molecule has 0 atom stereocenters. The molecule has 33 heavy (non-hydrogen) atoms. The average molecular weight is 474 g/mol. The lowest BCUT2D eigenvalue weighted by Gasteiger charge is -2.26. The van der Waals surface area contributed by atoms with Crippen molar-refractivity contribution in [2.24, 2.45) is 14.1 Å². The van der Waals surface area contributed by atoms with Crippen molar-refractivity contribution in [2.75, 3.05) is 52.8 Å². The highest BCUT2D eigenvalue weighted by atomic mass is 32.2. The third-order valence-electron chi connectivity index (χ3n) is 5.66. The summed E-state index contributed by atoms with van der Waals surface area (Å²) in [5.74, 6) is 2.27. The Morgan fingerprint density at radius 3 is 2.45 bits per heavy atom. The van der Waals surface area contributed by atoms with Gasteiger partial charge in [-0.25, -0.2) is 14.8 Å². The van der Waals surface area contributed by atoms with Gasteiger partial charge in [0, 0.05) is 45.0 Å². The van der Waals surface area contributed by atoms with Crippen molar-refractivity contribution in [1.82, 2.24) is 24.0 Å². The summed E-state index contributed by atoms with van der Waals surface area (Å²) in [7, 11) is 6.20. The van der Waals surface area contributed by atoms with Crippen LogP contribution in [0.15, 0.2) is 32.8 Å². The summed E-state index contributed by atoms with van der Waals surface area (Å²) in [6.07, 6.45) is 0. The SMILES string of the molecule is COc1ccc(-c2nc(SCCN3CCOCC3)c3c(=O)n(C)c(=O)n(C)c3n2)cc1OC. The second-order valence-corrected chi connectivity index (χ2v) is 8.71. The number of aryl methyl sites for hydroxylation is 1. The molecule has 0 radical (unpaired) electrons. The molecule has 3 heterocycles. The lowest BCUT2D eigenvalue weighted by atomic mass is 10.2. The van der Waals surface area contributed by atoms with Crippen LogP contribution >= 0.6 is 11.8 Å². The van der Waals surface area contributed by atoms with Gasteiger partial charge in [-0.2, -0.15) is 0 Å². The van der Waals surface area contributed by atoms with Crippen LogP contribution in [0.2, 0.25) is 0 Å². The van der Waals surface area contributed by atoms with Crippen LogP contribution in [0.25, 0.3) is 22.4 Å². The molecule has 3 aromatic rings. The van der Waals surface area contributed by atoms with E-state index in [4.69, 9.17) is 19.2 Å². The van der Waals surface area contributed by atoms with E-state index in [1.165, 1.54) is 23.4 Å². The fraction of sp³-hybridized carbons (Fsp3) is 0.455. The van der Waals surface area contributed by atoms with Gasteiger partial charge in [-0.05, 0) is 18.2 Å². The van der Waals surface area contributed by atoms with Gasteiger partial charge in [0.25, 0.3) is 5.56 Å². The maximum atomic E-state index is 13.0. The minimum atomic E-state index is -0.436. The molecule has 176 valence electrons. The maximum absolute atomic E-state index is 13.0. The van der Waals surface area contributed by atoms with Gasteiger partial charge >= 0.3 is 5.69 Å². The van der Waals surface area contributed by atoms with Crippen molar-refractivity contribution in [3.63, 3.8) is 0 Å². The van der Waals surface area contributed by atoms with E-state index >= 15 is 0 Å². The molecule has 1 fully saturated rings. The number of hydrogen-bond acceptors (Lipinski definition) is 9. The highest BCUT2D eigenvalue weighted by molar-refractivity contribution is 7.99. The number of methoxy groups -OCH3 is 2. The summed E-state index contributed by atoms with van der Waals surface area (Å²) in [6.45, 7) is 4.08. The molecule has 10 nitrogen and oxygen atoms in total. The minimum Gasteiger partial charge on any atom is -0.493 e. The Morgan fingerprint density at radius 1 is 1.03 bits per heavy atom. The van der Waals surface area contributed by atoms with E-state index in [1.54, 1.807) is 33.4 Å². The van der Waals surface area contributed by atoms with Crippen LogP contribution in [0.1, 0.15) is 0 Å². The maximum Gasteiger partial charge on any atom is 0.332 e. The largest absolute Gasteiger partial charge is 0.493 e. The molecule has 4 rings (SSSR count). The number of aromatic nitrogens is 4. The van der Waals surface area contributed by atoms with Crippen molar-refractivity contribution in [1.29, 1.82) is 0 Å². The number of thioether (sulfide) groups is 1. The predicted octanol–water partition coefficient (Wildman–Crippen LogP) is 1.14. The van der Waals surface area contributed by atoms with Crippen LogP contribution in [0.3, 0.4) is 0 Å². The zero-order valence-corrected chi connectivity index (χ0v) is 20.0. The Hall–Kier alpha value is -2.89. The van der Waals surface area contributed by atoms with E-state index in [-0.39, 0.29) is 0 Å². The second kappa shape index (κ2) is 9.94. The van der Waals surface area contributed by atoms with Gasteiger partial charge in [-0.3, -0.25) is 18.8 Å². The molecular formula is C22H27N5O5S. The first-order valence-corrected chi connectivity index (χ1v) is 11.6. The van der Waals surface area contributed by atoms with Crippen LogP contribution < -0.4 is 20.7 Å². The summed E-state index contributed by atoms with van der Waals surface area (Å²) >= 11 is 1.49. The number of ether oxygens (including phenoxy) is 3. The normalized spacial score (nSPS) is 14.5. The molecule has 1 aliphatic rings. The second-order valence-electron chi connectivity index (χ2n) is 7.63. The average Bonchev–Trinajstić information content (AvgIpc) is 2.85. The topological polar surface area (TPSA) is 101 Å². The first-order valence-electron chi connectivity index (χ1n) is 10.6. The van der Waals surface area contributed by atoms with Crippen molar-refractivity contribution in [2.45, 2.75) is 5.03 Å². The molecule has 0 N–H and O–H groups in total. The number of fused-ring (bicyclic) bond motifs is 1. The quantitative estimate of drug-likeness (QED) is 0.369. The predicted molar refractivity (Wildman–Crippen MR) is 127 cm³/mol. The molecule has 0 bridgehead atoms.